The molecular weight excluding hydrogens is 419 g/mol. The molecule has 0 bridgehead atoms. The number of hydrogen-bond acceptors (Lipinski definition) is 5. The van der Waals surface area contributed by atoms with E-state index < -0.39 is 0 Å². The molecule has 1 aliphatic rings. The highest BCUT2D eigenvalue weighted by Gasteiger charge is 2.19. The van der Waals surface area contributed by atoms with Crippen molar-refractivity contribution in [3.63, 3.8) is 0 Å². The standard InChI is InChI=1S/C19H26N4O2S.2ClH/c1-3-15-12-26-16(22-15)10-21-18(24)17-13(2)6-8-23(19(17)25)11-14-5-4-7-20-9-14;;/h6,8,12,14,20H,3-5,7,9-11H2,1-2H3,(H,21,24);2*1H. The molecule has 28 heavy (non-hydrogen) atoms. The summed E-state index contributed by atoms with van der Waals surface area (Å²) in [4.78, 5) is 29.9. The molecule has 6 nitrogen and oxygen atoms in total. The lowest BCUT2D eigenvalue weighted by molar-refractivity contribution is 0.0948. The molecule has 1 unspecified atom stereocenters. The number of nitrogens with one attached hydrogen (secondary N) is 2. The summed E-state index contributed by atoms with van der Waals surface area (Å²) in [7, 11) is 0. The van der Waals surface area contributed by atoms with Gasteiger partial charge in [0.2, 0.25) is 0 Å². The van der Waals surface area contributed by atoms with E-state index in [9.17, 15) is 9.59 Å². The van der Waals surface area contributed by atoms with Crippen LogP contribution in [0.2, 0.25) is 0 Å². The van der Waals surface area contributed by atoms with Crippen molar-refractivity contribution >= 4 is 42.1 Å². The zero-order valence-electron chi connectivity index (χ0n) is 16.2. The zero-order valence-corrected chi connectivity index (χ0v) is 18.6. The molecule has 3 rings (SSSR count). The highest BCUT2D eigenvalue weighted by atomic mass is 35.5. The summed E-state index contributed by atoms with van der Waals surface area (Å²) in [5.74, 6) is 0.111. The van der Waals surface area contributed by atoms with Gasteiger partial charge in [-0.25, -0.2) is 4.98 Å². The molecule has 0 aromatic carbocycles. The van der Waals surface area contributed by atoms with E-state index in [-0.39, 0.29) is 41.8 Å². The van der Waals surface area contributed by atoms with Crippen LogP contribution in [0.3, 0.4) is 0 Å². The molecule has 0 radical (unpaired) electrons. The van der Waals surface area contributed by atoms with Gasteiger partial charge >= 0.3 is 0 Å². The number of hydrogen-bond donors (Lipinski definition) is 2. The minimum atomic E-state index is -0.322. The normalized spacial score (nSPS) is 16.0. The molecule has 3 heterocycles. The molecule has 0 saturated carbocycles. The van der Waals surface area contributed by atoms with Crippen LogP contribution in [0.25, 0.3) is 0 Å². The molecule has 0 aliphatic carbocycles. The number of carbonyl (C=O) groups excluding carboxylic acids is 1. The fourth-order valence-corrected chi connectivity index (χ4v) is 4.10. The van der Waals surface area contributed by atoms with E-state index in [4.69, 9.17) is 0 Å². The van der Waals surface area contributed by atoms with Gasteiger partial charge in [-0.1, -0.05) is 6.92 Å². The number of aromatic nitrogens is 2. The smallest absolute Gasteiger partial charge is 0.263 e. The van der Waals surface area contributed by atoms with Gasteiger partial charge in [-0.3, -0.25) is 9.59 Å². The molecule has 1 fully saturated rings. The largest absolute Gasteiger partial charge is 0.345 e. The second-order valence-corrected chi connectivity index (χ2v) is 7.76. The summed E-state index contributed by atoms with van der Waals surface area (Å²) in [6.07, 6.45) is 4.92. The molecule has 2 N–H and O–H groups in total. The van der Waals surface area contributed by atoms with Gasteiger partial charge in [0.15, 0.2) is 0 Å². The van der Waals surface area contributed by atoms with Crippen molar-refractivity contribution in [3.8, 4) is 0 Å². The van der Waals surface area contributed by atoms with Crippen LogP contribution in [0.15, 0.2) is 22.4 Å². The summed E-state index contributed by atoms with van der Waals surface area (Å²) >= 11 is 1.53. The third-order valence-electron chi connectivity index (χ3n) is 4.82. The molecule has 0 spiro atoms. The van der Waals surface area contributed by atoms with Crippen molar-refractivity contribution in [2.24, 2.45) is 5.92 Å². The van der Waals surface area contributed by atoms with E-state index in [0.717, 1.165) is 43.1 Å². The lowest BCUT2D eigenvalue weighted by Crippen LogP contribution is -2.37. The molecule has 1 saturated heterocycles. The number of piperidine rings is 1. The van der Waals surface area contributed by atoms with Gasteiger partial charge in [-0.15, -0.1) is 36.2 Å². The van der Waals surface area contributed by atoms with Gasteiger partial charge < -0.3 is 15.2 Å². The quantitative estimate of drug-likeness (QED) is 0.714. The molecule has 1 atom stereocenters. The van der Waals surface area contributed by atoms with Gasteiger partial charge in [0.1, 0.15) is 10.6 Å². The molecule has 2 aromatic rings. The van der Waals surface area contributed by atoms with Crippen molar-refractivity contribution < 1.29 is 4.79 Å². The van der Waals surface area contributed by atoms with Crippen molar-refractivity contribution in [1.29, 1.82) is 0 Å². The third kappa shape index (κ3) is 6.04. The number of rotatable bonds is 6. The summed E-state index contributed by atoms with van der Waals surface area (Å²) in [6, 6.07) is 1.85. The summed E-state index contributed by atoms with van der Waals surface area (Å²) in [6.45, 7) is 6.83. The molecule has 2 aromatic heterocycles. The van der Waals surface area contributed by atoms with Crippen LogP contribution in [0.4, 0.5) is 0 Å². The SMILES string of the molecule is CCc1csc(CNC(=O)c2c(C)ccn(CC3CCCNC3)c2=O)n1.Cl.Cl. The summed E-state index contributed by atoms with van der Waals surface area (Å²) < 4.78 is 1.68. The van der Waals surface area contributed by atoms with Crippen LogP contribution < -0.4 is 16.2 Å². The molecule has 9 heteroatoms. The maximum atomic E-state index is 12.8. The van der Waals surface area contributed by atoms with E-state index in [1.807, 2.05) is 11.4 Å². The van der Waals surface area contributed by atoms with E-state index >= 15 is 0 Å². The first-order valence-electron chi connectivity index (χ1n) is 9.20. The number of nitrogens with zero attached hydrogens (tertiary/aromatic N) is 2. The van der Waals surface area contributed by atoms with Crippen LogP contribution in [0.5, 0.6) is 0 Å². The zero-order chi connectivity index (χ0) is 18.5. The van der Waals surface area contributed by atoms with Crippen LogP contribution in [-0.2, 0) is 19.5 Å². The van der Waals surface area contributed by atoms with Gasteiger partial charge in [0.25, 0.3) is 11.5 Å². The highest BCUT2D eigenvalue weighted by Crippen LogP contribution is 2.13. The van der Waals surface area contributed by atoms with Crippen LogP contribution in [0.1, 0.15) is 46.4 Å². The Hall–Kier alpha value is -1.41. The number of amides is 1. The summed E-state index contributed by atoms with van der Waals surface area (Å²) in [5, 5.41) is 9.08. The first kappa shape index (κ1) is 24.6. The van der Waals surface area contributed by atoms with Crippen LogP contribution >= 0.6 is 36.2 Å². The van der Waals surface area contributed by atoms with E-state index in [2.05, 4.69) is 22.5 Å². The molecule has 156 valence electrons. The van der Waals surface area contributed by atoms with Crippen molar-refractivity contribution in [2.45, 2.75) is 46.2 Å². The first-order chi connectivity index (χ1) is 12.6. The van der Waals surface area contributed by atoms with Gasteiger partial charge in [-0.2, -0.15) is 0 Å². The van der Waals surface area contributed by atoms with Gasteiger partial charge in [0.05, 0.1) is 12.2 Å². The Morgan fingerprint density at radius 1 is 1.43 bits per heavy atom. The number of thiazole rings is 1. The summed E-state index contributed by atoms with van der Waals surface area (Å²) in [5.41, 5.74) is 1.77. The minimum Gasteiger partial charge on any atom is -0.345 e. The van der Waals surface area contributed by atoms with Crippen molar-refractivity contribution in [1.82, 2.24) is 20.2 Å². The Balaban J connectivity index is 0.00000196. The molecular formula is C19H28Cl2N4O2S. The Labute approximate surface area is 182 Å². The maximum absolute atomic E-state index is 12.8. The number of halogens is 2. The van der Waals surface area contributed by atoms with Crippen LogP contribution in [0, 0.1) is 12.8 Å². The fourth-order valence-electron chi connectivity index (χ4n) is 3.28. The minimum absolute atomic E-state index is 0. The predicted molar refractivity (Wildman–Crippen MR) is 118 cm³/mol. The second kappa shape index (κ2) is 11.6. The van der Waals surface area contributed by atoms with E-state index in [0.29, 0.717) is 24.6 Å². The van der Waals surface area contributed by atoms with Gasteiger partial charge in [0, 0.05) is 18.1 Å². The Bertz CT molecular complexity index is 832. The Kier molecular flexibility index (Phi) is 10.2. The van der Waals surface area contributed by atoms with Crippen LogP contribution in [-0.4, -0.2) is 28.5 Å². The molecule has 1 aliphatic heterocycles. The van der Waals surface area contributed by atoms with Gasteiger partial charge in [-0.05, 0) is 56.8 Å². The monoisotopic (exact) mass is 446 g/mol. The number of carbonyl (C=O) groups is 1. The van der Waals surface area contributed by atoms with E-state index in [1.54, 1.807) is 17.7 Å². The predicted octanol–water partition coefficient (Wildman–Crippen LogP) is 2.95. The Morgan fingerprint density at radius 3 is 2.86 bits per heavy atom. The van der Waals surface area contributed by atoms with E-state index in [1.165, 1.54) is 11.3 Å². The fraction of sp³-hybridized carbons (Fsp3) is 0.526. The molecule has 1 amide bonds. The van der Waals surface area contributed by atoms with Crippen molar-refractivity contribution in [3.05, 3.63) is 49.8 Å². The number of aryl methyl sites for hydroxylation is 2. The first-order valence-corrected chi connectivity index (χ1v) is 10.1. The average Bonchev–Trinajstić information content (AvgIpc) is 3.11. The lowest BCUT2D eigenvalue weighted by Gasteiger charge is -2.23. The highest BCUT2D eigenvalue weighted by molar-refractivity contribution is 7.09. The topological polar surface area (TPSA) is 76.0 Å². The maximum Gasteiger partial charge on any atom is 0.263 e. The third-order valence-corrected chi connectivity index (χ3v) is 5.71. The number of pyridine rings is 1. The average molecular weight is 447 g/mol. The lowest BCUT2D eigenvalue weighted by atomic mass is 9.99. The van der Waals surface area contributed by atoms with Crippen molar-refractivity contribution in [2.75, 3.05) is 13.1 Å². The second-order valence-electron chi connectivity index (χ2n) is 6.81. The Morgan fingerprint density at radius 2 is 2.21 bits per heavy atom.